The van der Waals surface area contributed by atoms with Gasteiger partial charge in [0.05, 0.1) is 5.00 Å². The molecule has 2 aliphatic rings. The molecule has 3 heterocycles. The number of halogens is 1. The van der Waals surface area contributed by atoms with Gasteiger partial charge in [-0.05, 0) is 61.2 Å². The van der Waals surface area contributed by atoms with Crippen molar-refractivity contribution in [1.29, 1.82) is 0 Å². The number of hydrogen-bond acceptors (Lipinski definition) is 4. The number of piperidine rings is 1. The van der Waals surface area contributed by atoms with Gasteiger partial charge in [0.25, 0.3) is 0 Å². The molecule has 1 aromatic heterocycles. The standard InChI is InChI=1S/C24H34N4OS.HI/c1-19-6-3-4-7-21(19)24(11-15-29-16-12-24)18-26-23(25-2)27-20-9-13-28(14-10-20)22-8-5-17-30-22;/h3-8,17,20H,9-16,18H2,1-2H3,(H2,25,26,27);1H. The summed E-state index contributed by atoms with van der Waals surface area (Å²) in [4.78, 5) is 7.03. The van der Waals surface area contributed by atoms with E-state index in [2.05, 4.69) is 69.2 Å². The molecule has 2 saturated heterocycles. The average Bonchev–Trinajstić information content (AvgIpc) is 3.33. The summed E-state index contributed by atoms with van der Waals surface area (Å²) in [6.07, 6.45) is 4.35. The number of guanidine groups is 1. The van der Waals surface area contributed by atoms with E-state index in [1.54, 1.807) is 0 Å². The predicted molar refractivity (Wildman–Crippen MR) is 142 cm³/mol. The molecule has 2 fully saturated rings. The van der Waals surface area contributed by atoms with Gasteiger partial charge in [0, 0.05) is 51.4 Å². The first kappa shape index (κ1) is 24.3. The minimum Gasteiger partial charge on any atom is -0.381 e. The normalized spacial score (nSPS) is 19.5. The second-order valence-corrected chi connectivity index (χ2v) is 9.42. The molecule has 1 aromatic carbocycles. The lowest BCUT2D eigenvalue weighted by molar-refractivity contribution is 0.0511. The highest BCUT2D eigenvalue weighted by Crippen LogP contribution is 2.36. The smallest absolute Gasteiger partial charge is 0.191 e. The van der Waals surface area contributed by atoms with Gasteiger partial charge in [-0.15, -0.1) is 35.3 Å². The SMILES string of the molecule is CN=C(NCC1(c2ccccc2C)CCOCC1)NC1CCN(c2cccs2)CC1.I. The molecular formula is C24H35IN4OS. The Kier molecular flexibility index (Phi) is 9.04. The summed E-state index contributed by atoms with van der Waals surface area (Å²) in [5.74, 6) is 0.920. The number of nitrogens with zero attached hydrogens (tertiary/aromatic N) is 2. The maximum absolute atomic E-state index is 5.70. The van der Waals surface area contributed by atoms with Crippen molar-refractivity contribution >= 4 is 46.3 Å². The molecule has 31 heavy (non-hydrogen) atoms. The largest absolute Gasteiger partial charge is 0.381 e. The van der Waals surface area contributed by atoms with Crippen LogP contribution in [0.1, 0.15) is 36.8 Å². The number of hydrogen-bond donors (Lipinski definition) is 2. The molecule has 0 amide bonds. The van der Waals surface area contributed by atoms with Crippen molar-refractivity contribution in [2.75, 3.05) is 44.8 Å². The summed E-state index contributed by atoms with van der Waals surface area (Å²) in [6.45, 7) is 6.95. The van der Waals surface area contributed by atoms with E-state index < -0.39 is 0 Å². The molecule has 0 aliphatic carbocycles. The first-order valence-electron chi connectivity index (χ1n) is 11.1. The first-order valence-corrected chi connectivity index (χ1v) is 12.0. The summed E-state index contributed by atoms with van der Waals surface area (Å²) in [7, 11) is 1.88. The van der Waals surface area contributed by atoms with Crippen LogP contribution in [0.4, 0.5) is 5.00 Å². The van der Waals surface area contributed by atoms with Gasteiger partial charge in [-0.2, -0.15) is 0 Å². The molecule has 2 aromatic rings. The van der Waals surface area contributed by atoms with Crippen LogP contribution in [0, 0.1) is 6.92 Å². The van der Waals surface area contributed by atoms with Gasteiger partial charge >= 0.3 is 0 Å². The molecule has 0 bridgehead atoms. The predicted octanol–water partition coefficient (Wildman–Crippen LogP) is 4.56. The van der Waals surface area contributed by atoms with Crippen LogP contribution in [-0.4, -0.2) is 51.9 Å². The van der Waals surface area contributed by atoms with Crippen molar-refractivity contribution in [2.24, 2.45) is 4.99 Å². The number of aryl methyl sites for hydroxylation is 1. The third-order valence-electron chi connectivity index (χ3n) is 6.64. The van der Waals surface area contributed by atoms with E-state index in [-0.39, 0.29) is 29.4 Å². The van der Waals surface area contributed by atoms with E-state index >= 15 is 0 Å². The Balaban J connectivity index is 0.00000272. The molecule has 0 spiro atoms. The average molecular weight is 555 g/mol. The van der Waals surface area contributed by atoms with Crippen LogP contribution in [-0.2, 0) is 10.2 Å². The molecule has 2 aliphatic heterocycles. The van der Waals surface area contributed by atoms with Crippen molar-refractivity contribution in [1.82, 2.24) is 10.6 Å². The van der Waals surface area contributed by atoms with Crippen LogP contribution >= 0.6 is 35.3 Å². The highest BCUT2D eigenvalue weighted by molar-refractivity contribution is 14.0. The minimum atomic E-state index is 0. The van der Waals surface area contributed by atoms with Gasteiger partial charge in [0.2, 0.25) is 0 Å². The summed E-state index contributed by atoms with van der Waals surface area (Å²) in [5, 5.41) is 10.9. The Bertz CT molecular complexity index is 828. The Labute approximate surface area is 207 Å². The lowest BCUT2D eigenvalue weighted by Crippen LogP contribution is -2.52. The van der Waals surface area contributed by atoms with Crippen LogP contribution in [0.25, 0.3) is 0 Å². The van der Waals surface area contributed by atoms with E-state index in [0.29, 0.717) is 6.04 Å². The van der Waals surface area contributed by atoms with Crippen LogP contribution in [0.3, 0.4) is 0 Å². The highest BCUT2D eigenvalue weighted by atomic mass is 127. The van der Waals surface area contributed by atoms with Crippen molar-refractivity contribution in [3.05, 3.63) is 52.9 Å². The molecular weight excluding hydrogens is 519 g/mol. The van der Waals surface area contributed by atoms with Crippen LogP contribution in [0.2, 0.25) is 0 Å². The van der Waals surface area contributed by atoms with Gasteiger partial charge in [-0.25, -0.2) is 0 Å². The zero-order chi connectivity index (χ0) is 20.8. The van der Waals surface area contributed by atoms with Gasteiger partial charge in [-0.3, -0.25) is 4.99 Å². The van der Waals surface area contributed by atoms with Gasteiger partial charge in [-0.1, -0.05) is 24.3 Å². The molecule has 0 saturated carbocycles. The van der Waals surface area contributed by atoms with Crippen molar-refractivity contribution < 1.29 is 4.74 Å². The number of ether oxygens (including phenoxy) is 1. The van der Waals surface area contributed by atoms with Gasteiger partial charge in [0.1, 0.15) is 0 Å². The Morgan fingerprint density at radius 2 is 1.90 bits per heavy atom. The lowest BCUT2D eigenvalue weighted by Gasteiger charge is -2.39. The van der Waals surface area contributed by atoms with E-state index in [0.717, 1.165) is 64.5 Å². The molecule has 0 atom stereocenters. The van der Waals surface area contributed by atoms with E-state index in [1.165, 1.54) is 16.1 Å². The first-order chi connectivity index (χ1) is 14.7. The number of nitrogens with one attached hydrogen (secondary N) is 2. The molecule has 4 rings (SSSR count). The Morgan fingerprint density at radius 1 is 1.16 bits per heavy atom. The van der Waals surface area contributed by atoms with Crippen LogP contribution in [0.15, 0.2) is 46.8 Å². The third-order valence-corrected chi connectivity index (χ3v) is 7.57. The maximum atomic E-state index is 5.70. The zero-order valence-corrected chi connectivity index (χ0v) is 21.7. The zero-order valence-electron chi connectivity index (χ0n) is 18.6. The summed E-state index contributed by atoms with van der Waals surface area (Å²) in [5.41, 5.74) is 2.91. The molecule has 170 valence electrons. The molecule has 0 radical (unpaired) electrons. The van der Waals surface area contributed by atoms with E-state index in [4.69, 9.17) is 4.74 Å². The number of rotatable bonds is 5. The monoisotopic (exact) mass is 554 g/mol. The highest BCUT2D eigenvalue weighted by Gasteiger charge is 2.35. The Hall–Kier alpha value is -1.32. The topological polar surface area (TPSA) is 48.9 Å². The lowest BCUT2D eigenvalue weighted by atomic mass is 9.72. The maximum Gasteiger partial charge on any atom is 0.191 e. The molecule has 5 nitrogen and oxygen atoms in total. The fourth-order valence-electron chi connectivity index (χ4n) is 4.81. The van der Waals surface area contributed by atoms with Crippen molar-refractivity contribution in [3.63, 3.8) is 0 Å². The fraction of sp³-hybridized carbons (Fsp3) is 0.542. The molecule has 7 heteroatoms. The fourth-order valence-corrected chi connectivity index (χ4v) is 5.59. The second-order valence-electron chi connectivity index (χ2n) is 8.49. The van der Waals surface area contributed by atoms with E-state index in [1.807, 2.05) is 18.4 Å². The minimum absolute atomic E-state index is 0. The Morgan fingerprint density at radius 3 is 2.55 bits per heavy atom. The van der Waals surface area contributed by atoms with Crippen molar-refractivity contribution in [3.8, 4) is 0 Å². The summed E-state index contributed by atoms with van der Waals surface area (Å²) >= 11 is 1.83. The van der Waals surface area contributed by atoms with Gasteiger partial charge < -0.3 is 20.3 Å². The van der Waals surface area contributed by atoms with Gasteiger partial charge in [0.15, 0.2) is 5.96 Å². The van der Waals surface area contributed by atoms with Crippen LogP contribution in [0.5, 0.6) is 0 Å². The van der Waals surface area contributed by atoms with E-state index in [9.17, 15) is 0 Å². The molecule has 2 N–H and O–H groups in total. The summed E-state index contributed by atoms with van der Waals surface area (Å²) in [6, 6.07) is 13.6. The number of anilines is 1. The third kappa shape index (κ3) is 5.93. The number of benzene rings is 1. The molecule has 0 unspecified atom stereocenters. The quantitative estimate of drug-likeness (QED) is 0.324. The number of aliphatic imine (C=N–C) groups is 1. The second kappa shape index (κ2) is 11.5. The summed E-state index contributed by atoms with van der Waals surface area (Å²) < 4.78 is 5.70. The number of thiophene rings is 1. The van der Waals surface area contributed by atoms with Crippen LogP contribution < -0.4 is 15.5 Å². The van der Waals surface area contributed by atoms with Crippen molar-refractivity contribution in [2.45, 2.75) is 44.1 Å².